The van der Waals surface area contributed by atoms with Crippen molar-refractivity contribution in [3.8, 4) is 5.75 Å². The largest absolute Gasteiger partial charge is 0.497 e. The normalized spacial score (nSPS) is 20.3. The molecule has 112 valence electrons. The maximum atomic E-state index is 13.0. The van der Waals surface area contributed by atoms with Crippen LogP contribution in [0.2, 0.25) is 0 Å². The minimum atomic E-state index is -1.24. The van der Waals surface area contributed by atoms with Gasteiger partial charge in [0.05, 0.1) is 18.4 Å². The van der Waals surface area contributed by atoms with Gasteiger partial charge in [-0.3, -0.25) is 9.59 Å². The van der Waals surface area contributed by atoms with Crippen LogP contribution in [-0.2, 0) is 10.2 Å². The highest BCUT2D eigenvalue weighted by atomic mass is 79.9. The summed E-state index contributed by atoms with van der Waals surface area (Å²) in [5.74, 6) is 0.00497. The van der Waals surface area contributed by atoms with E-state index in [1.54, 1.807) is 31.2 Å². The van der Waals surface area contributed by atoms with E-state index >= 15 is 0 Å². The molecule has 2 aromatic carbocycles. The summed E-state index contributed by atoms with van der Waals surface area (Å²) in [6, 6.07) is 12.5. The standard InChI is InChI=1S/C17H14BrNO3/c1-17(10-6-4-3-5-7-10)15(20)14-12(18)8-11(22-2)9-13(14)19-16(17)21/h3-9H,1-2H3,(H,19,21). The Bertz CT molecular complexity index is 773. The zero-order valence-corrected chi connectivity index (χ0v) is 13.7. The van der Waals surface area contributed by atoms with Crippen molar-refractivity contribution >= 4 is 33.3 Å². The van der Waals surface area contributed by atoms with Crippen molar-refractivity contribution < 1.29 is 14.3 Å². The first-order valence-electron chi connectivity index (χ1n) is 6.77. The summed E-state index contributed by atoms with van der Waals surface area (Å²) in [7, 11) is 1.54. The van der Waals surface area contributed by atoms with E-state index in [4.69, 9.17) is 4.74 Å². The first kappa shape index (κ1) is 14.8. The fourth-order valence-electron chi connectivity index (χ4n) is 2.66. The number of nitrogens with one attached hydrogen (secondary N) is 1. The summed E-state index contributed by atoms with van der Waals surface area (Å²) >= 11 is 3.41. The van der Waals surface area contributed by atoms with E-state index in [9.17, 15) is 9.59 Å². The van der Waals surface area contributed by atoms with Gasteiger partial charge in [-0.05, 0) is 34.5 Å². The van der Waals surface area contributed by atoms with Gasteiger partial charge in [0.15, 0.2) is 5.78 Å². The first-order valence-corrected chi connectivity index (χ1v) is 7.57. The van der Waals surface area contributed by atoms with Crippen LogP contribution in [0.15, 0.2) is 46.9 Å². The van der Waals surface area contributed by atoms with E-state index < -0.39 is 5.41 Å². The molecule has 1 aliphatic heterocycles. The second-order valence-corrected chi connectivity index (χ2v) is 6.16. The zero-order chi connectivity index (χ0) is 15.9. The van der Waals surface area contributed by atoms with Gasteiger partial charge in [0.1, 0.15) is 11.2 Å². The van der Waals surface area contributed by atoms with Crippen molar-refractivity contribution in [3.63, 3.8) is 0 Å². The minimum absolute atomic E-state index is 0.230. The lowest BCUT2D eigenvalue weighted by molar-refractivity contribution is -0.119. The van der Waals surface area contributed by atoms with Crippen LogP contribution in [0.25, 0.3) is 0 Å². The third-order valence-corrected chi connectivity index (χ3v) is 4.66. The number of ketones is 1. The Balaban J connectivity index is 2.20. The third-order valence-electron chi connectivity index (χ3n) is 4.03. The van der Waals surface area contributed by atoms with Gasteiger partial charge in [-0.15, -0.1) is 0 Å². The molecule has 5 heteroatoms. The number of benzene rings is 2. The number of hydrogen-bond donors (Lipinski definition) is 1. The molecule has 1 N–H and O–H groups in total. The second-order valence-electron chi connectivity index (χ2n) is 5.31. The Hall–Kier alpha value is -2.14. The molecule has 1 amide bonds. The summed E-state index contributed by atoms with van der Waals surface area (Å²) in [4.78, 5) is 25.7. The van der Waals surface area contributed by atoms with Crippen molar-refractivity contribution in [2.45, 2.75) is 12.3 Å². The van der Waals surface area contributed by atoms with E-state index in [1.165, 1.54) is 7.11 Å². The van der Waals surface area contributed by atoms with Crippen molar-refractivity contribution in [1.29, 1.82) is 0 Å². The highest BCUT2D eigenvalue weighted by molar-refractivity contribution is 9.10. The predicted molar refractivity (Wildman–Crippen MR) is 87.4 cm³/mol. The average Bonchev–Trinajstić information content (AvgIpc) is 2.52. The van der Waals surface area contributed by atoms with Crippen molar-refractivity contribution in [2.75, 3.05) is 12.4 Å². The summed E-state index contributed by atoms with van der Waals surface area (Å²) in [6.07, 6.45) is 0. The molecule has 0 fully saturated rings. The van der Waals surface area contributed by atoms with Crippen molar-refractivity contribution in [1.82, 2.24) is 0 Å². The van der Waals surface area contributed by atoms with Gasteiger partial charge in [0, 0.05) is 10.5 Å². The van der Waals surface area contributed by atoms with Crippen LogP contribution in [0.4, 0.5) is 5.69 Å². The Labute approximate surface area is 136 Å². The zero-order valence-electron chi connectivity index (χ0n) is 12.1. The molecular formula is C17H14BrNO3. The fraction of sp³-hybridized carbons (Fsp3) is 0.176. The van der Waals surface area contributed by atoms with E-state index in [1.807, 2.05) is 18.2 Å². The first-order chi connectivity index (χ1) is 10.5. The van der Waals surface area contributed by atoms with Crippen LogP contribution < -0.4 is 10.1 Å². The Morgan fingerprint density at radius 1 is 1.14 bits per heavy atom. The third kappa shape index (κ3) is 2.04. The van der Waals surface area contributed by atoms with Gasteiger partial charge >= 0.3 is 0 Å². The number of Topliss-reactive ketones (excluding diaryl/α,β-unsaturated/α-hetero) is 1. The van der Waals surface area contributed by atoms with Crippen LogP contribution in [0.3, 0.4) is 0 Å². The lowest BCUT2D eigenvalue weighted by atomic mass is 9.73. The van der Waals surface area contributed by atoms with E-state index in [2.05, 4.69) is 21.2 Å². The quantitative estimate of drug-likeness (QED) is 0.834. The molecule has 2 aromatic rings. The molecule has 0 spiro atoms. The number of ether oxygens (including phenoxy) is 1. The maximum Gasteiger partial charge on any atom is 0.242 e. The number of fused-ring (bicyclic) bond motifs is 1. The lowest BCUT2D eigenvalue weighted by Gasteiger charge is -2.33. The van der Waals surface area contributed by atoms with Gasteiger partial charge in [0.2, 0.25) is 5.91 Å². The summed E-state index contributed by atoms with van der Waals surface area (Å²) in [5, 5.41) is 2.83. The molecule has 4 nitrogen and oxygen atoms in total. The molecule has 22 heavy (non-hydrogen) atoms. The van der Waals surface area contributed by atoms with Gasteiger partial charge in [-0.25, -0.2) is 0 Å². The number of methoxy groups -OCH3 is 1. The molecule has 0 radical (unpaired) electrons. The molecule has 0 aliphatic carbocycles. The lowest BCUT2D eigenvalue weighted by Crippen LogP contribution is -2.48. The molecule has 1 aliphatic rings. The van der Waals surface area contributed by atoms with Crippen molar-refractivity contribution in [2.24, 2.45) is 0 Å². The SMILES string of the molecule is COc1cc(Br)c2c(c1)NC(=O)C(C)(c1ccccc1)C2=O. The molecule has 0 saturated heterocycles. The number of anilines is 1. The molecule has 1 heterocycles. The topological polar surface area (TPSA) is 55.4 Å². The van der Waals surface area contributed by atoms with Crippen LogP contribution in [0.5, 0.6) is 5.75 Å². The summed E-state index contributed by atoms with van der Waals surface area (Å²) in [5.41, 5.74) is 0.359. The van der Waals surface area contributed by atoms with E-state index in [0.717, 1.165) is 0 Å². The van der Waals surface area contributed by atoms with Crippen LogP contribution >= 0.6 is 15.9 Å². The minimum Gasteiger partial charge on any atom is -0.497 e. The summed E-state index contributed by atoms with van der Waals surface area (Å²) in [6.45, 7) is 1.65. The fourth-order valence-corrected chi connectivity index (χ4v) is 3.28. The molecule has 0 bridgehead atoms. The van der Waals surface area contributed by atoms with Gasteiger partial charge in [0.25, 0.3) is 0 Å². The molecule has 1 unspecified atom stereocenters. The monoisotopic (exact) mass is 359 g/mol. The Morgan fingerprint density at radius 3 is 2.45 bits per heavy atom. The average molecular weight is 360 g/mol. The van der Waals surface area contributed by atoms with E-state index in [-0.39, 0.29) is 11.7 Å². The second kappa shape index (κ2) is 5.25. The molecule has 0 aromatic heterocycles. The summed E-state index contributed by atoms with van der Waals surface area (Å²) < 4.78 is 5.78. The van der Waals surface area contributed by atoms with Crippen LogP contribution in [0.1, 0.15) is 22.8 Å². The molecule has 1 atom stereocenters. The maximum absolute atomic E-state index is 13.0. The Kier molecular flexibility index (Phi) is 3.53. The number of halogens is 1. The smallest absolute Gasteiger partial charge is 0.242 e. The number of rotatable bonds is 2. The Morgan fingerprint density at radius 2 is 1.82 bits per heavy atom. The van der Waals surface area contributed by atoms with Crippen LogP contribution in [-0.4, -0.2) is 18.8 Å². The highest BCUT2D eigenvalue weighted by Gasteiger charge is 2.48. The van der Waals surface area contributed by atoms with Crippen LogP contribution in [0, 0.1) is 0 Å². The number of carbonyl (C=O) groups is 2. The van der Waals surface area contributed by atoms with Gasteiger partial charge in [-0.2, -0.15) is 0 Å². The molecule has 0 saturated carbocycles. The number of carbonyl (C=O) groups excluding carboxylic acids is 2. The van der Waals surface area contributed by atoms with E-state index in [0.29, 0.717) is 27.0 Å². The van der Waals surface area contributed by atoms with Crippen molar-refractivity contribution in [3.05, 3.63) is 58.1 Å². The molecule has 3 rings (SSSR count). The van der Waals surface area contributed by atoms with Gasteiger partial charge in [-0.1, -0.05) is 30.3 Å². The molecular weight excluding hydrogens is 346 g/mol. The highest BCUT2D eigenvalue weighted by Crippen LogP contribution is 2.41. The predicted octanol–water partition coefficient (Wildman–Crippen LogP) is 3.55. The number of amides is 1. The van der Waals surface area contributed by atoms with Gasteiger partial charge < -0.3 is 10.1 Å². The number of hydrogen-bond acceptors (Lipinski definition) is 3.